The lowest BCUT2D eigenvalue weighted by Gasteiger charge is -2.32. The Hall–Kier alpha value is -4.56. The molecule has 2 aromatic carbocycles. The van der Waals surface area contributed by atoms with Gasteiger partial charge in [0.05, 0.1) is 11.4 Å². The normalized spacial score (nSPS) is 14.0. The van der Waals surface area contributed by atoms with Crippen LogP contribution in [0.3, 0.4) is 0 Å². The zero-order valence-corrected chi connectivity index (χ0v) is 21.9. The molecule has 5 rings (SSSR count). The van der Waals surface area contributed by atoms with Crippen LogP contribution in [0.2, 0.25) is 0 Å². The summed E-state index contributed by atoms with van der Waals surface area (Å²) in [6, 6.07) is 26.5. The first kappa shape index (κ1) is 26.1. The maximum absolute atomic E-state index is 12.7. The lowest BCUT2D eigenvalue weighted by molar-refractivity contribution is -0.115. The molecule has 8 heteroatoms. The van der Waals surface area contributed by atoms with Gasteiger partial charge in [0, 0.05) is 39.0 Å². The summed E-state index contributed by atoms with van der Waals surface area (Å²) >= 11 is 0. The summed E-state index contributed by atoms with van der Waals surface area (Å²) in [5, 5.41) is 2.83. The molecular formula is C31H31N5O3. The maximum atomic E-state index is 12.7. The van der Waals surface area contributed by atoms with E-state index in [-0.39, 0.29) is 23.6 Å². The first-order chi connectivity index (χ1) is 19.1. The number of pyridine rings is 2. The van der Waals surface area contributed by atoms with E-state index in [9.17, 15) is 9.59 Å². The van der Waals surface area contributed by atoms with Crippen molar-refractivity contribution in [1.29, 1.82) is 0 Å². The molecular weight excluding hydrogens is 490 g/mol. The summed E-state index contributed by atoms with van der Waals surface area (Å²) < 4.78 is 6.27. The molecule has 1 aliphatic heterocycles. The summed E-state index contributed by atoms with van der Waals surface area (Å²) in [4.78, 5) is 37.9. The third-order valence-corrected chi connectivity index (χ3v) is 6.64. The smallest absolute Gasteiger partial charge is 0.274 e. The number of amides is 2. The Morgan fingerprint density at radius 3 is 2.31 bits per heavy atom. The quantitative estimate of drug-likeness (QED) is 0.331. The van der Waals surface area contributed by atoms with Crippen molar-refractivity contribution in [3.8, 4) is 5.75 Å². The zero-order chi connectivity index (χ0) is 27.0. The van der Waals surface area contributed by atoms with E-state index < -0.39 is 0 Å². The van der Waals surface area contributed by atoms with E-state index in [1.54, 1.807) is 42.7 Å². The number of hydrogen-bond acceptors (Lipinski definition) is 6. The highest BCUT2D eigenvalue weighted by Crippen LogP contribution is 2.32. The molecule has 1 aliphatic rings. The molecule has 0 radical (unpaired) electrons. The summed E-state index contributed by atoms with van der Waals surface area (Å²) in [6.07, 6.45) is 5.21. The van der Waals surface area contributed by atoms with Crippen LogP contribution in [0.4, 0.5) is 17.2 Å². The average Bonchev–Trinajstić information content (AvgIpc) is 2.97. The van der Waals surface area contributed by atoms with Gasteiger partial charge in [-0.25, -0.2) is 4.98 Å². The minimum absolute atomic E-state index is 0.149. The molecule has 8 nitrogen and oxygen atoms in total. The van der Waals surface area contributed by atoms with Crippen LogP contribution in [-0.2, 0) is 11.3 Å². The second-order valence-corrected chi connectivity index (χ2v) is 9.47. The van der Waals surface area contributed by atoms with E-state index in [0.717, 1.165) is 38.2 Å². The van der Waals surface area contributed by atoms with E-state index in [4.69, 9.17) is 4.74 Å². The van der Waals surface area contributed by atoms with Crippen molar-refractivity contribution in [3.05, 3.63) is 109 Å². The SMILES string of the molecule is CC(=O)N(c1ccc(OC2CCN(Cc3ccccc3)CC2)cc1)c1ncccc1NC(=O)c1ccccn1. The largest absolute Gasteiger partial charge is 0.490 e. The first-order valence-corrected chi connectivity index (χ1v) is 13.1. The van der Waals surface area contributed by atoms with Gasteiger partial charge in [0.25, 0.3) is 5.91 Å². The molecule has 2 amide bonds. The summed E-state index contributed by atoms with van der Waals surface area (Å²) in [5.74, 6) is 0.468. The highest BCUT2D eigenvalue weighted by Gasteiger charge is 2.23. The number of piperidine rings is 1. The van der Waals surface area contributed by atoms with Gasteiger partial charge in [0.1, 0.15) is 17.5 Å². The Labute approximate surface area is 228 Å². The highest BCUT2D eigenvalue weighted by molar-refractivity contribution is 6.07. The van der Waals surface area contributed by atoms with Crippen LogP contribution < -0.4 is 15.0 Å². The number of benzene rings is 2. The van der Waals surface area contributed by atoms with E-state index >= 15 is 0 Å². The number of carbonyl (C=O) groups is 2. The Bertz CT molecular complexity index is 1390. The van der Waals surface area contributed by atoms with Gasteiger partial charge in [-0.05, 0) is 66.9 Å². The van der Waals surface area contributed by atoms with Crippen molar-refractivity contribution >= 4 is 29.0 Å². The molecule has 198 valence electrons. The number of ether oxygens (including phenoxy) is 1. The van der Waals surface area contributed by atoms with Crippen LogP contribution in [0.15, 0.2) is 97.3 Å². The number of carbonyl (C=O) groups excluding carboxylic acids is 2. The van der Waals surface area contributed by atoms with Crippen LogP contribution in [0.5, 0.6) is 5.75 Å². The number of aromatic nitrogens is 2. The Morgan fingerprint density at radius 2 is 1.62 bits per heavy atom. The highest BCUT2D eigenvalue weighted by atomic mass is 16.5. The van der Waals surface area contributed by atoms with E-state index in [2.05, 4.69) is 44.5 Å². The van der Waals surface area contributed by atoms with Gasteiger partial charge in [0.2, 0.25) is 5.91 Å². The summed E-state index contributed by atoms with van der Waals surface area (Å²) in [6.45, 7) is 4.40. The number of hydrogen-bond donors (Lipinski definition) is 1. The standard InChI is InChI=1S/C31H31N5O3/c1-23(37)36(30-28(11-7-19-33-30)34-31(38)29-10-5-6-18-32-29)25-12-14-26(15-13-25)39-27-16-20-35(21-17-27)22-24-8-3-2-4-9-24/h2-15,18-19,27H,16-17,20-22H2,1H3,(H,34,38). The number of nitrogens with zero attached hydrogens (tertiary/aromatic N) is 4. The predicted molar refractivity (Wildman–Crippen MR) is 151 cm³/mol. The van der Waals surface area contributed by atoms with Crippen molar-refractivity contribution < 1.29 is 14.3 Å². The van der Waals surface area contributed by atoms with Crippen molar-refractivity contribution in [2.45, 2.75) is 32.4 Å². The first-order valence-electron chi connectivity index (χ1n) is 13.1. The third kappa shape index (κ3) is 6.66. The second kappa shape index (κ2) is 12.3. The number of rotatable bonds is 8. The molecule has 0 spiro atoms. The second-order valence-electron chi connectivity index (χ2n) is 9.47. The summed E-state index contributed by atoms with van der Waals surface area (Å²) in [5.41, 5.74) is 2.63. The monoisotopic (exact) mass is 521 g/mol. The van der Waals surface area contributed by atoms with Gasteiger partial charge < -0.3 is 10.1 Å². The van der Waals surface area contributed by atoms with Crippen LogP contribution >= 0.6 is 0 Å². The Morgan fingerprint density at radius 1 is 0.897 bits per heavy atom. The average molecular weight is 522 g/mol. The van der Waals surface area contributed by atoms with Gasteiger partial charge in [-0.15, -0.1) is 0 Å². The van der Waals surface area contributed by atoms with Crippen LogP contribution in [0.25, 0.3) is 0 Å². The lowest BCUT2D eigenvalue weighted by Crippen LogP contribution is -2.37. The van der Waals surface area contributed by atoms with E-state index in [1.165, 1.54) is 17.4 Å². The fourth-order valence-electron chi connectivity index (χ4n) is 4.70. The third-order valence-electron chi connectivity index (χ3n) is 6.64. The molecule has 0 aliphatic carbocycles. The fraction of sp³-hybridized carbons (Fsp3) is 0.226. The molecule has 1 N–H and O–H groups in total. The van der Waals surface area contributed by atoms with Crippen molar-refractivity contribution in [1.82, 2.24) is 14.9 Å². The molecule has 2 aromatic heterocycles. The molecule has 1 fully saturated rings. The fourth-order valence-corrected chi connectivity index (χ4v) is 4.70. The van der Waals surface area contributed by atoms with Crippen molar-refractivity contribution in [2.75, 3.05) is 23.3 Å². The van der Waals surface area contributed by atoms with Crippen LogP contribution in [0.1, 0.15) is 35.8 Å². The molecule has 0 atom stereocenters. The van der Waals surface area contributed by atoms with Crippen molar-refractivity contribution in [2.24, 2.45) is 0 Å². The van der Waals surface area contributed by atoms with Gasteiger partial charge >= 0.3 is 0 Å². The molecule has 0 unspecified atom stereocenters. The number of anilines is 3. The van der Waals surface area contributed by atoms with Gasteiger partial charge in [-0.3, -0.25) is 24.4 Å². The number of nitrogens with one attached hydrogen (secondary N) is 1. The number of likely N-dealkylation sites (tertiary alicyclic amines) is 1. The molecule has 3 heterocycles. The molecule has 1 saturated heterocycles. The zero-order valence-electron chi connectivity index (χ0n) is 21.9. The van der Waals surface area contributed by atoms with E-state index in [1.807, 2.05) is 30.3 Å². The lowest BCUT2D eigenvalue weighted by atomic mass is 10.1. The topological polar surface area (TPSA) is 87.7 Å². The van der Waals surface area contributed by atoms with Gasteiger partial charge in [0.15, 0.2) is 5.82 Å². The van der Waals surface area contributed by atoms with Crippen molar-refractivity contribution in [3.63, 3.8) is 0 Å². The van der Waals surface area contributed by atoms with Crippen LogP contribution in [-0.4, -0.2) is 45.9 Å². The molecule has 0 bridgehead atoms. The van der Waals surface area contributed by atoms with Gasteiger partial charge in [-0.2, -0.15) is 0 Å². The summed E-state index contributed by atoms with van der Waals surface area (Å²) in [7, 11) is 0. The van der Waals surface area contributed by atoms with Gasteiger partial charge in [-0.1, -0.05) is 36.4 Å². The molecule has 4 aromatic rings. The van der Waals surface area contributed by atoms with E-state index in [0.29, 0.717) is 17.2 Å². The molecule has 0 saturated carbocycles. The predicted octanol–water partition coefficient (Wildman–Crippen LogP) is 5.46. The Kier molecular flexibility index (Phi) is 8.23. The Balaban J connectivity index is 1.24. The maximum Gasteiger partial charge on any atom is 0.274 e. The minimum Gasteiger partial charge on any atom is -0.490 e. The molecule has 39 heavy (non-hydrogen) atoms. The van der Waals surface area contributed by atoms with Crippen LogP contribution in [0, 0.1) is 0 Å². The minimum atomic E-state index is -0.382.